The molecule has 0 aliphatic carbocycles. The Morgan fingerprint density at radius 3 is 2.00 bits per heavy atom. The van der Waals surface area contributed by atoms with Gasteiger partial charge in [-0.05, 0) is 6.04 Å². The van der Waals surface area contributed by atoms with Crippen molar-refractivity contribution in [2.45, 2.75) is 31.6 Å². The Kier molecular flexibility index (Phi) is 6.22. The topological polar surface area (TPSA) is 0 Å². The van der Waals surface area contributed by atoms with Crippen LogP contribution in [0.2, 0.25) is 25.2 Å². The van der Waals surface area contributed by atoms with Gasteiger partial charge in [0.25, 0.3) is 3.93 Å². The van der Waals surface area contributed by atoms with Gasteiger partial charge in [-0.15, -0.1) is 12.3 Å². The zero-order valence-corrected chi connectivity index (χ0v) is 14.3. The SMILES string of the molecule is C=C[Si](C)(C)CCC[Si](Br)(Br)Br. The first-order chi connectivity index (χ1) is 5.27. The van der Waals surface area contributed by atoms with Crippen LogP contribution >= 0.6 is 45.9 Å². The molecule has 0 aliphatic rings. The van der Waals surface area contributed by atoms with E-state index in [2.05, 4.69) is 71.2 Å². The lowest BCUT2D eigenvalue weighted by Gasteiger charge is -2.18. The van der Waals surface area contributed by atoms with E-state index < -0.39 is 12.0 Å². The van der Waals surface area contributed by atoms with Crippen LogP contribution in [-0.2, 0) is 0 Å². The van der Waals surface area contributed by atoms with Crippen LogP contribution in [0.4, 0.5) is 0 Å². The summed E-state index contributed by atoms with van der Waals surface area (Å²) in [6.07, 6.45) is 1.29. The highest BCUT2D eigenvalue weighted by Gasteiger charge is 2.23. The molecule has 0 spiro atoms. The highest BCUT2D eigenvalue weighted by molar-refractivity contribution is 9.72. The van der Waals surface area contributed by atoms with Crippen molar-refractivity contribution in [3.8, 4) is 0 Å². The minimum Gasteiger partial charge on any atom is -0.107 e. The molecule has 0 amide bonds. The molecule has 0 aliphatic heterocycles. The molecule has 0 N–H and O–H groups in total. The van der Waals surface area contributed by atoms with Gasteiger partial charge in [-0.25, -0.2) is 0 Å². The maximum Gasteiger partial charge on any atom is 0.267 e. The molecule has 72 valence electrons. The number of halogens is 3. The lowest BCUT2D eigenvalue weighted by atomic mass is 10.6. The molecule has 0 radical (unpaired) electrons. The summed E-state index contributed by atoms with van der Waals surface area (Å²) >= 11 is 10.9. The second kappa shape index (κ2) is 5.48. The maximum absolute atomic E-state index is 3.89. The molecule has 0 fully saturated rings. The third kappa shape index (κ3) is 8.22. The second-order valence-corrected chi connectivity index (χ2v) is 32.0. The third-order valence-electron chi connectivity index (χ3n) is 1.83. The third-order valence-corrected chi connectivity index (χ3v) is 9.07. The van der Waals surface area contributed by atoms with Crippen molar-refractivity contribution in [2.75, 3.05) is 0 Å². The van der Waals surface area contributed by atoms with Crippen LogP contribution in [0.1, 0.15) is 6.42 Å². The van der Waals surface area contributed by atoms with Gasteiger partial charge in [0.15, 0.2) is 0 Å². The van der Waals surface area contributed by atoms with Gasteiger partial charge in [-0.1, -0.05) is 71.4 Å². The Bertz CT molecular complexity index is 151. The molecule has 0 saturated carbocycles. The minimum absolute atomic E-state index is 1.05. The summed E-state index contributed by atoms with van der Waals surface area (Å²) in [6, 6.07) is 2.57. The predicted octanol–water partition coefficient (Wildman–Crippen LogP) is 4.93. The van der Waals surface area contributed by atoms with Gasteiger partial charge in [0, 0.05) is 0 Å². The van der Waals surface area contributed by atoms with E-state index in [0.717, 1.165) is 0 Å². The minimum atomic E-state index is -1.34. The summed E-state index contributed by atoms with van der Waals surface area (Å²) in [4.78, 5) is 0. The van der Waals surface area contributed by atoms with Crippen LogP contribution in [0.25, 0.3) is 0 Å². The van der Waals surface area contributed by atoms with E-state index in [1.165, 1.54) is 18.5 Å². The Morgan fingerprint density at radius 1 is 1.17 bits per heavy atom. The molecule has 0 rings (SSSR count). The van der Waals surface area contributed by atoms with Crippen LogP contribution in [0.15, 0.2) is 12.3 Å². The van der Waals surface area contributed by atoms with Gasteiger partial charge in [0.05, 0.1) is 8.07 Å². The lowest BCUT2D eigenvalue weighted by Crippen LogP contribution is -2.22. The van der Waals surface area contributed by atoms with Gasteiger partial charge in [0.1, 0.15) is 0 Å². The van der Waals surface area contributed by atoms with Crippen LogP contribution in [0.5, 0.6) is 0 Å². The Morgan fingerprint density at radius 2 is 1.67 bits per heavy atom. The second-order valence-electron chi connectivity index (χ2n) is 3.66. The van der Waals surface area contributed by atoms with E-state index in [1.54, 1.807) is 0 Å². The van der Waals surface area contributed by atoms with Gasteiger partial charge in [0.2, 0.25) is 0 Å². The molecule has 0 heterocycles. The summed E-state index contributed by atoms with van der Waals surface area (Å²) < 4.78 is -1.34. The zero-order chi connectivity index (χ0) is 9.83. The van der Waals surface area contributed by atoms with Crippen molar-refractivity contribution in [3.63, 3.8) is 0 Å². The Labute approximate surface area is 101 Å². The molecule has 0 aromatic rings. The normalized spacial score (nSPS) is 13.1. The lowest BCUT2D eigenvalue weighted by molar-refractivity contribution is 1.04. The smallest absolute Gasteiger partial charge is 0.107 e. The number of hydrogen-bond donors (Lipinski definition) is 0. The van der Waals surface area contributed by atoms with E-state index in [-0.39, 0.29) is 0 Å². The van der Waals surface area contributed by atoms with E-state index in [9.17, 15) is 0 Å². The van der Waals surface area contributed by atoms with Crippen molar-refractivity contribution in [1.29, 1.82) is 0 Å². The van der Waals surface area contributed by atoms with E-state index in [0.29, 0.717) is 0 Å². The number of rotatable bonds is 5. The van der Waals surface area contributed by atoms with Crippen LogP contribution in [0, 0.1) is 0 Å². The maximum atomic E-state index is 3.89. The van der Waals surface area contributed by atoms with E-state index >= 15 is 0 Å². The standard InChI is InChI=1S/C7H15Br3Si2/c1-4-11(2,3)6-5-7-12(8,9)10/h4H,1,5-7H2,2-3H3. The molecule has 5 heteroatoms. The molecule has 0 saturated heterocycles. The van der Waals surface area contributed by atoms with Gasteiger partial charge in [-0.3, -0.25) is 0 Å². The molecular weight excluding hydrogens is 380 g/mol. The Balaban J connectivity index is 3.64. The fourth-order valence-corrected chi connectivity index (χ4v) is 5.59. The zero-order valence-electron chi connectivity index (χ0n) is 7.54. The molecule has 0 nitrogen and oxygen atoms in total. The van der Waals surface area contributed by atoms with E-state index in [4.69, 9.17) is 0 Å². The summed E-state index contributed by atoms with van der Waals surface area (Å²) in [5, 5.41) is 0. The largest absolute Gasteiger partial charge is 0.267 e. The van der Waals surface area contributed by atoms with Crippen LogP contribution < -0.4 is 0 Å². The fraction of sp³-hybridized carbons (Fsp3) is 0.714. The van der Waals surface area contributed by atoms with E-state index in [1.807, 2.05) is 0 Å². The molecule has 0 aromatic carbocycles. The monoisotopic (exact) mass is 392 g/mol. The molecule has 0 bridgehead atoms. The van der Waals surface area contributed by atoms with Gasteiger partial charge in [-0.2, -0.15) is 0 Å². The first-order valence-corrected chi connectivity index (χ1v) is 16.2. The first kappa shape index (κ1) is 13.6. The average Bonchev–Trinajstić information content (AvgIpc) is 1.84. The highest BCUT2D eigenvalue weighted by atomic mass is 80.0. The van der Waals surface area contributed by atoms with Gasteiger partial charge < -0.3 is 0 Å². The van der Waals surface area contributed by atoms with Crippen molar-refractivity contribution in [2.24, 2.45) is 0 Å². The molecular formula is C7H15Br3Si2. The van der Waals surface area contributed by atoms with Crippen molar-refractivity contribution < 1.29 is 0 Å². The molecule has 0 aromatic heterocycles. The summed E-state index contributed by atoms with van der Waals surface area (Å²) in [6.45, 7) is 8.61. The summed E-state index contributed by atoms with van der Waals surface area (Å²) in [7, 11) is -1.05. The van der Waals surface area contributed by atoms with Crippen molar-refractivity contribution in [1.82, 2.24) is 0 Å². The predicted molar refractivity (Wildman–Crippen MR) is 74.4 cm³/mol. The summed E-state index contributed by atoms with van der Waals surface area (Å²) in [5.74, 6) is 0. The number of hydrogen-bond acceptors (Lipinski definition) is 0. The quantitative estimate of drug-likeness (QED) is 0.458. The van der Waals surface area contributed by atoms with Crippen molar-refractivity contribution in [3.05, 3.63) is 12.3 Å². The van der Waals surface area contributed by atoms with Crippen LogP contribution in [-0.4, -0.2) is 12.0 Å². The Hall–Kier alpha value is 1.61. The molecule has 0 atom stereocenters. The summed E-state index contributed by atoms with van der Waals surface area (Å²) in [5.41, 5.74) is 2.17. The molecule has 12 heavy (non-hydrogen) atoms. The first-order valence-electron chi connectivity index (χ1n) is 3.97. The highest BCUT2D eigenvalue weighted by Crippen LogP contribution is 2.34. The van der Waals surface area contributed by atoms with Gasteiger partial charge >= 0.3 is 0 Å². The fourth-order valence-electron chi connectivity index (χ4n) is 0.847. The van der Waals surface area contributed by atoms with Crippen LogP contribution in [0.3, 0.4) is 0 Å². The molecule has 0 unspecified atom stereocenters. The van der Waals surface area contributed by atoms with Crippen molar-refractivity contribution >= 4 is 57.9 Å². The average molecular weight is 395 g/mol.